The van der Waals surface area contributed by atoms with Crippen LogP contribution in [0.5, 0.6) is 0 Å². The van der Waals surface area contributed by atoms with Crippen LogP contribution < -0.4 is 5.32 Å². The van der Waals surface area contributed by atoms with Gasteiger partial charge in [-0.1, -0.05) is 48.5 Å². The normalized spacial score (nSPS) is 18.0. The lowest BCUT2D eigenvalue weighted by atomic mass is 9.68. The predicted octanol–water partition coefficient (Wildman–Crippen LogP) is 5.84. The molecule has 0 saturated heterocycles. The first-order valence-corrected chi connectivity index (χ1v) is 10.7. The second-order valence-electron chi connectivity index (χ2n) is 7.21. The fourth-order valence-electron chi connectivity index (χ4n) is 3.81. The average Bonchev–Trinajstić information content (AvgIpc) is 3.11. The van der Waals surface area contributed by atoms with E-state index in [0.29, 0.717) is 34.6 Å². The van der Waals surface area contributed by atoms with Gasteiger partial charge in [-0.25, -0.2) is 4.79 Å². The van der Waals surface area contributed by atoms with Crippen molar-refractivity contribution in [2.24, 2.45) is 0 Å². The van der Waals surface area contributed by atoms with Crippen molar-refractivity contribution in [3.05, 3.63) is 88.3 Å². The molecule has 0 bridgehead atoms. The van der Waals surface area contributed by atoms with Crippen LogP contribution in [0.2, 0.25) is 0 Å². The van der Waals surface area contributed by atoms with Gasteiger partial charge in [0.05, 0.1) is 12.2 Å². The van der Waals surface area contributed by atoms with E-state index in [1.54, 1.807) is 19.1 Å². The maximum absolute atomic E-state index is 12.7. The van der Waals surface area contributed by atoms with Gasteiger partial charge in [0.1, 0.15) is 5.00 Å². The first-order valence-electron chi connectivity index (χ1n) is 9.87. The van der Waals surface area contributed by atoms with E-state index < -0.39 is 0 Å². The molecule has 29 heavy (non-hydrogen) atoms. The van der Waals surface area contributed by atoms with Crippen molar-refractivity contribution in [1.29, 1.82) is 0 Å². The van der Waals surface area contributed by atoms with Crippen molar-refractivity contribution < 1.29 is 14.3 Å². The maximum Gasteiger partial charge on any atom is 0.341 e. The summed E-state index contributed by atoms with van der Waals surface area (Å²) < 4.78 is 5.30. The minimum absolute atomic E-state index is 0.222. The van der Waals surface area contributed by atoms with Gasteiger partial charge in [0.15, 0.2) is 0 Å². The third kappa shape index (κ3) is 4.10. The van der Waals surface area contributed by atoms with Crippen molar-refractivity contribution in [3.63, 3.8) is 0 Å². The van der Waals surface area contributed by atoms with E-state index in [4.69, 9.17) is 4.74 Å². The number of rotatable bonds is 6. The van der Waals surface area contributed by atoms with Gasteiger partial charge in [-0.3, -0.25) is 4.79 Å². The summed E-state index contributed by atoms with van der Waals surface area (Å²) in [5.41, 5.74) is 3.40. The van der Waals surface area contributed by atoms with Gasteiger partial charge in [-0.05, 0) is 60.2 Å². The summed E-state index contributed by atoms with van der Waals surface area (Å²) >= 11 is 1.40. The van der Waals surface area contributed by atoms with Crippen LogP contribution in [0.4, 0.5) is 5.00 Å². The molecule has 1 aromatic heterocycles. The van der Waals surface area contributed by atoms with Crippen LogP contribution >= 0.6 is 11.3 Å². The number of carbonyl (C=O) groups excluding carboxylic acids is 2. The van der Waals surface area contributed by atoms with E-state index in [1.807, 2.05) is 29.6 Å². The number of hydrogen-bond acceptors (Lipinski definition) is 4. The number of amides is 1. The summed E-state index contributed by atoms with van der Waals surface area (Å²) in [5.74, 6) is 0.229. The second kappa shape index (κ2) is 8.62. The number of hydrogen-bond donors (Lipinski definition) is 1. The Kier molecular flexibility index (Phi) is 5.76. The Bertz CT molecular complexity index is 991. The first-order chi connectivity index (χ1) is 14.2. The largest absolute Gasteiger partial charge is 0.462 e. The van der Waals surface area contributed by atoms with E-state index >= 15 is 0 Å². The molecule has 0 atom stereocenters. The molecule has 0 spiro atoms. The number of carbonyl (C=O) groups is 2. The molecule has 1 aliphatic carbocycles. The van der Waals surface area contributed by atoms with Crippen LogP contribution in [-0.4, -0.2) is 18.5 Å². The number of anilines is 1. The predicted molar refractivity (Wildman–Crippen MR) is 116 cm³/mol. The minimum Gasteiger partial charge on any atom is -0.462 e. The zero-order chi connectivity index (χ0) is 20.2. The van der Waals surface area contributed by atoms with Crippen LogP contribution in [0, 0.1) is 0 Å². The Balaban J connectivity index is 1.55. The summed E-state index contributed by atoms with van der Waals surface area (Å²) in [6.45, 7) is 2.10. The Morgan fingerprint density at radius 1 is 1.00 bits per heavy atom. The summed E-state index contributed by atoms with van der Waals surface area (Å²) in [4.78, 5) is 25.3. The molecule has 1 N–H and O–H groups in total. The quantitative estimate of drug-likeness (QED) is 0.524. The third-order valence-corrected chi connectivity index (χ3v) is 6.32. The zero-order valence-corrected chi connectivity index (χ0v) is 17.1. The Labute approximate surface area is 174 Å². The van der Waals surface area contributed by atoms with Gasteiger partial charge in [0, 0.05) is 5.56 Å². The first kappa shape index (κ1) is 19.4. The number of ether oxygens (including phenoxy) is 1. The molecular formula is C24H23NO3S. The van der Waals surface area contributed by atoms with Gasteiger partial charge in [-0.2, -0.15) is 0 Å². The third-order valence-electron chi connectivity index (χ3n) is 5.41. The van der Waals surface area contributed by atoms with Crippen molar-refractivity contribution in [2.75, 3.05) is 11.9 Å². The second-order valence-corrected chi connectivity index (χ2v) is 8.09. The van der Waals surface area contributed by atoms with Gasteiger partial charge >= 0.3 is 5.97 Å². The Morgan fingerprint density at radius 2 is 1.66 bits per heavy atom. The van der Waals surface area contributed by atoms with E-state index in [2.05, 4.69) is 29.6 Å². The zero-order valence-electron chi connectivity index (χ0n) is 16.3. The monoisotopic (exact) mass is 405 g/mol. The SMILES string of the molecule is CCOC(=O)c1c(C2CC(c3ccccc3)C2)csc1NC(=O)c1ccccc1. The average molecular weight is 406 g/mol. The lowest BCUT2D eigenvalue weighted by Crippen LogP contribution is -2.22. The smallest absolute Gasteiger partial charge is 0.341 e. The highest BCUT2D eigenvalue weighted by atomic mass is 32.1. The summed E-state index contributed by atoms with van der Waals surface area (Å²) in [6.07, 6.45) is 2.00. The van der Waals surface area contributed by atoms with E-state index in [9.17, 15) is 9.59 Å². The molecule has 5 heteroatoms. The molecule has 3 aromatic rings. The molecule has 148 valence electrons. The fourth-order valence-corrected chi connectivity index (χ4v) is 4.84. The van der Waals surface area contributed by atoms with Gasteiger partial charge in [0.25, 0.3) is 5.91 Å². The molecule has 1 heterocycles. The van der Waals surface area contributed by atoms with Crippen molar-refractivity contribution >= 4 is 28.2 Å². The van der Waals surface area contributed by atoms with Crippen molar-refractivity contribution in [1.82, 2.24) is 0 Å². The number of benzene rings is 2. The summed E-state index contributed by atoms with van der Waals surface area (Å²) in [6, 6.07) is 19.5. The summed E-state index contributed by atoms with van der Waals surface area (Å²) in [5, 5.41) is 5.48. The maximum atomic E-state index is 12.7. The molecule has 1 saturated carbocycles. The highest BCUT2D eigenvalue weighted by Gasteiger charge is 2.36. The van der Waals surface area contributed by atoms with Crippen LogP contribution in [0.1, 0.15) is 63.4 Å². The molecule has 0 unspecified atom stereocenters. The molecule has 1 aliphatic rings. The van der Waals surface area contributed by atoms with Gasteiger partial charge in [0.2, 0.25) is 0 Å². The van der Waals surface area contributed by atoms with Crippen LogP contribution in [0.3, 0.4) is 0 Å². The highest BCUT2D eigenvalue weighted by molar-refractivity contribution is 7.15. The molecule has 1 fully saturated rings. The summed E-state index contributed by atoms with van der Waals surface area (Å²) in [7, 11) is 0. The molecule has 4 nitrogen and oxygen atoms in total. The minimum atomic E-state index is -0.365. The number of thiophene rings is 1. The van der Waals surface area contributed by atoms with Crippen molar-refractivity contribution in [2.45, 2.75) is 31.6 Å². The van der Waals surface area contributed by atoms with E-state index in [0.717, 1.165) is 18.4 Å². The van der Waals surface area contributed by atoms with Gasteiger partial charge in [-0.15, -0.1) is 11.3 Å². The molecule has 0 aliphatic heterocycles. The molecule has 1 amide bonds. The molecule has 2 aromatic carbocycles. The topological polar surface area (TPSA) is 55.4 Å². The number of nitrogens with one attached hydrogen (secondary N) is 1. The van der Waals surface area contributed by atoms with Crippen LogP contribution in [0.15, 0.2) is 66.0 Å². The molecule has 4 rings (SSSR count). The Morgan fingerprint density at radius 3 is 2.31 bits per heavy atom. The molecule has 0 radical (unpaired) electrons. The Hall–Kier alpha value is -2.92. The van der Waals surface area contributed by atoms with Crippen LogP contribution in [-0.2, 0) is 4.74 Å². The van der Waals surface area contributed by atoms with Gasteiger partial charge < -0.3 is 10.1 Å². The lowest BCUT2D eigenvalue weighted by Gasteiger charge is -2.36. The fraction of sp³-hybridized carbons (Fsp3) is 0.250. The van der Waals surface area contributed by atoms with E-state index in [-0.39, 0.29) is 11.9 Å². The standard InChI is InChI=1S/C24H23NO3S/c1-2-28-24(27)21-20(19-13-18(14-19)16-9-5-3-6-10-16)15-29-23(21)25-22(26)17-11-7-4-8-12-17/h3-12,15,18-19H,2,13-14H2,1H3,(H,25,26). The molecular weight excluding hydrogens is 382 g/mol. The van der Waals surface area contributed by atoms with E-state index in [1.165, 1.54) is 16.9 Å². The number of esters is 1. The lowest BCUT2D eigenvalue weighted by molar-refractivity contribution is 0.0525. The van der Waals surface area contributed by atoms with Crippen molar-refractivity contribution in [3.8, 4) is 0 Å². The van der Waals surface area contributed by atoms with Crippen LogP contribution in [0.25, 0.3) is 0 Å². The highest BCUT2D eigenvalue weighted by Crippen LogP contribution is 2.50.